The van der Waals surface area contributed by atoms with Crippen LogP contribution >= 0.6 is 15.9 Å². The molecule has 1 rings (SSSR count). The summed E-state index contributed by atoms with van der Waals surface area (Å²) in [4.78, 5) is 11.2. The summed E-state index contributed by atoms with van der Waals surface area (Å²) in [6, 6.07) is 4.02. The number of carbonyl (C=O) groups is 1. The van der Waals surface area contributed by atoms with Crippen molar-refractivity contribution < 1.29 is 13.9 Å². The summed E-state index contributed by atoms with van der Waals surface area (Å²) >= 11 is 3.05. The van der Waals surface area contributed by atoms with E-state index in [1.807, 2.05) is 0 Å². The lowest BCUT2D eigenvalue weighted by Gasteiger charge is -2.11. The molecule has 1 atom stereocenters. The highest BCUT2D eigenvalue weighted by Crippen LogP contribution is 2.21. The monoisotopic (exact) mass is 289 g/mol. The van der Waals surface area contributed by atoms with Crippen LogP contribution in [0.25, 0.3) is 0 Å². The van der Waals surface area contributed by atoms with E-state index in [4.69, 9.17) is 10.5 Å². The summed E-state index contributed by atoms with van der Waals surface area (Å²) in [5, 5.41) is 0. The summed E-state index contributed by atoms with van der Waals surface area (Å²) < 4.78 is 18.3. The molecule has 2 N–H and O–H groups in total. The number of esters is 1. The normalized spacial score (nSPS) is 12.2. The second kappa shape index (κ2) is 5.96. The lowest BCUT2D eigenvalue weighted by Crippen LogP contribution is -2.17. The van der Waals surface area contributed by atoms with Crippen LogP contribution in [0.4, 0.5) is 4.39 Å². The minimum Gasteiger partial charge on any atom is -0.466 e. The zero-order chi connectivity index (χ0) is 12.1. The molecule has 0 radical (unpaired) electrons. The van der Waals surface area contributed by atoms with Crippen LogP contribution in [0.2, 0.25) is 0 Å². The maximum atomic E-state index is 13.2. The van der Waals surface area contributed by atoms with Gasteiger partial charge in [-0.2, -0.15) is 0 Å². The molecule has 0 bridgehead atoms. The Kier molecular flexibility index (Phi) is 4.89. The van der Waals surface area contributed by atoms with Crippen molar-refractivity contribution in [1.29, 1.82) is 0 Å². The second-order valence-corrected chi connectivity index (χ2v) is 4.14. The Morgan fingerprint density at radius 3 is 2.88 bits per heavy atom. The highest BCUT2D eigenvalue weighted by molar-refractivity contribution is 9.10. The fraction of sp³-hybridized carbons (Fsp3) is 0.364. The highest BCUT2D eigenvalue weighted by atomic mass is 79.9. The molecule has 0 aliphatic rings. The third-order valence-corrected chi connectivity index (χ3v) is 2.71. The Hall–Kier alpha value is -0.940. The van der Waals surface area contributed by atoms with E-state index in [1.165, 1.54) is 6.07 Å². The first-order valence-electron chi connectivity index (χ1n) is 4.90. The number of rotatable bonds is 4. The second-order valence-electron chi connectivity index (χ2n) is 3.29. The zero-order valence-corrected chi connectivity index (χ0v) is 10.5. The first kappa shape index (κ1) is 13.1. The standard InChI is InChI=1S/C11H13BrFNO2/c1-2-16-11(15)6-10(14)7-3-4-8(12)9(13)5-7/h3-5,10H,2,6,14H2,1H3. The van der Waals surface area contributed by atoms with E-state index < -0.39 is 11.9 Å². The fourth-order valence-corrected chi connectivity index (χ4v) is 1.51. The van der Waals surface area contributed by atoms with E-state index in [0.717, 1.165) is 0 Å². The summed E-state index contributed by atoms with van der Waals surface area (Å²) in [6.07, 6.45) is 0.0505. The SMILES string of the molecule is CCOC(=O)CC(N)c1ccc(Br)c(F)c1. The molecule has 0 fully saturated rings. The molecule has 1 aromatic carbocycles. The minimum atomic E-state index is -0.540. The van der Waals surface area contributed by atoms with Gasteiger partial charge in [0.15, 0.2) is 0 Å². The van der Waals surface area contributed by atoms with Crippen molar-refractivity contribution in [3.05, 3.63) is 34.1 Å². The molecule has 0 aromatic heterocycles. The number of ether oxygens (including phenoxy) is 1. The van der Waals surface area contributed by atoms with Crippen LogP contribution in [0, 0.1) is 5.82 Å². The molecule has 0 amide bonds. The molecule has 88 valence electrons. The largest absolute Gasteiger partial charge is 0.466 e. The van der Waals surface area contributed by atoms with Gasteiger partial charge in [-0.3, -0.25) is 4.79 Å². The van der Waals surface area contributed by atoms with Gasteiger partial charge in [-0.05, 0) is 40.5 Å². The summed E-state index contributed by atoms with van der Waals surface area (Å²) in [5.74, 6) is -0.768. The summed E-state index contributed by atoms with van der Waals surface area (Å²) in [6.45, 7) is 2.04. The van der Waals surface area contributed by atoms with Gasteiger partial charge in [-0.15, -0.1) is 0 Å². The summed E-state index contributed by atoms with van der Waals surface area (Å²) in [7, 11) is 0. The van der Waals surface area contributed by atoms with E-state index in [2.05, 4.69) is 15.9 Å². The van der Waals surface area contributed by atoms with Crippen LogP contribution in [-0.4, -0.2) is 12.6 Å². The molecule has 0 aliphatic carbocycles. The van der Waals surface area contributed by atoms with Crippen molar-refractivity contribution >= 4 is 21.9 Å². The van der Waals surface area contributed by atoms with Crippen LogP contribution in [0.3, 0.4) is 0 Å². The van der Waals surface area contributed by atoms with E-state index in [0.29, 0.717) is 16.6 Å². The van der Waals surface area contributed by atoms with Crippen molar-refractivity contribution in [3.63, 3.8) is 0 Å². The van der Waals surface area contributed by atoms with E-state index in [1.54, 1.807) is 19.1 Å². The van der Waals surface area contributed by atoms with E-state index in [9.17, 15) is 9.18 Å². The van der Waals surface area contributed by atoms with Gasteiger partial charge in [-0.25, -0.2) is 4.39 Å². The molecular weight excluding hydrogens is 277 g/mol. The Morgan fingerprint density at radius 2 is 2.31 bits per heavy atom. The van der Waals surface area contributed by atoms with Crippen molar-refractivity contribution in [2.75, 3.05) is 6.61 Å². The van der Waals surface area contributed by atoms with Gasteiger partial charge in [0.1, 0.15) is 5.82 Å². The van der Waals surface area contributed by atoms with Crippen molar-refractivity contribution in [2.45, 2.75) is 19.4 Å². The Morgan fingerprint density at radius 1 is 1.62 bits per heavy atom. The highest BCUT2D eigenvalue weighted by Gasteiger charge is 2.13. The molecular formula is C11H13BrFNO2. The van der Waals surface area contributed by atoms with Gasteiger partial charge in [0.2, 0.25) is 0 Å². The molecule has 16 heavy (non-hydrogen) atoms. The number of halogens is 2. The van der Waals surface area contributed by atoms with Gasteiger partial charge in [0, 0.05) is 6.04 Å². The lowest BCUT2D eigenvalue weighted by molar-refractivity contribution is -0.143. The van der Waals surface area contributed by atoms with Crippen molar-refractivity contribution in [1.82, 2.24) is 0 Å². The summed E-state index contributed by atoms with van der Waals surface area (Å²) in [5.41, 5.74) is 6.34. The number of nitrogens with two attached hydrogens (primary N) is 1. The number of benzene rings is 1. The van der Waals surface area contributed by atoms with Gasteiger partial charge >= 0.3 is 5.97 Å². The van der Waals surface area contributed by atoms with Crippen LogP contribution in [0.1, 0.15) is 24.9 Å². The third-order valence-electron chi connectivity index (χ3n) is 2.06. The van der Waals surface area contributed by atoms with Crippen LogP contribution in [-0.2, 0) is 9.53 Å². The quantitative estimate of drug-likeness (QED) is 0.867. The van der Waals surface area contributed by atoms with Crippen LogP contribution in [0.5, 0.6) is 0 Å². The molecule has 1 aromatic rings. The smallest absolute Gasteiger partial charge is 0.307 e. The van der Waals surface area contributed by atoms with Gasteiger partial charge in [0.25, 0.3) is 0 Å². The minimum absolute atomic E-state index is 0.0505. The van der Waals surface area contributed by atoms with Crippen molar-refractivity contribution in [3.8, 4) is 0 Å². The molecule has 0 saturated heterocycles. The molecule has 1 unspecified atom stereocenters. The molecule has 0 aliphatic heterocycles. The molecule has 5 heteroatoms. The number of carbonyl (C=O) groups excluding carboxylic acids is 1. The average Bonchev–Trinajstić information content (AvgIpc) is 2.22. The third kappa shape index (κ3) is 3.57. The number of hydrogen-bond donors (Lipinski definition) is 1. The average molecular weight is 290 g/mol. The first-order chi connectivity index (χ1) is 7.54. The lowest BCUT2D eigenvalue weighted by atomic mass is 10.0. The maximum absolute atomic E-state index is 13.2. The van der Waals surface area contributed by atoms with Crippen LogP contribution < -0.4 is 5.73 Å². The van der Waals surface area contributed by atoms with E-state index >= 15 is 0 Å². The number of hydrogen-bond acceptors (Lipinski definition) is 3. The first-order valence-corrected chi connectivity index (χ1v) is 5.70. The van der Waals surface area contributed by atoms with Gasteiger partial charge < -0.3 is 10.5 Å². The topological polar surface area (TPSA) is 52.3 Å². The Labute approximate surface area is 102 Å². The Balaban J connectivity index is 2.69. The molecule has 0 heterocycles. The predicted octanol–water partition coefficient (Wildman–Crippen LogP) is 2.54. The zero-order valence-electron chi connectivity index (χ0n) is 8.87. The van der Waals surface area contributed by atoms with Crippen LogP contribution in [0.15, 0.2) is 22.7 Å². The molecule has 3 nitrogen and oxygen atoms in total. The Bertz CT molecular complexity index is 384. The van der Waals surface area contributed by atoms with Gasteiger partial charge in [-0.1, -0.05) is 6.07 Å². The predicted molar refractivity (Wildman–Crippen MR) is 62.3 cm³/mol. The fourth-order valence-electron chi connectivity index (χ4n) is 1.26. The molecule has 0 saturated carbocycles. The van der Waals surface area contributed by atoms with Crippen molar-refractivity contribution in [2.24, 2.45) is 5.73 Å². The maximum Gasteiger partial charge on any atom is 0.307 e. The van der Waals surface area contributed by atoms with E-state index in [-0.39, 0.29) is 12.4 Å². The molecule has 0 spiro atoms. The van der Waals surface area contributed by atoms with Gasteiger partial charge in [0.05, 0.1) is 17.5 Å².